The lowest BCUT2D eigenvalue weighted by Crippen LogP contribution is -2.21. The lowest BCUT2D eigenvalue weighted by atomic mass is 9.69. The average Bonchev–Trinajstić information content (AvgIpc) is 3.51. The molecule has 0 amide bonds. The standard InChI is InChI=1S/C26H27NO.C4H10O3.C2H6/c28-23-13-15-25-21(18-23)10-14-24(19-6-2-1-3-7-19)26(25)20-8-11-22(12-9-20)27-16-4-5-17-27;1-6-4(3-5)7-2;1-2/h1-3,6-9,11-13,15,18,24,26,28H,4-5,10,14,16-17H2;4-5H,3H2,1-2H3;1-2H3. The minimum absolute atomic E-state index is 0.0903. The summed E-state index contributed by atoms with van der Waals surface area (Å²) in [7, 11) is 2.95. The largest absolute Gasteiger partial charge is 0.508 e. The van der Waals surface area contributed by atoms with Crippen LogP contribution in [-0.4, -0.2) is 50.4 Å². The molecule has 1 aliphatic heterocycles. The third-order valence-electron chi connectivity index (χ3n) is 7.21. The summed E-state index contributed by atoms with van der Waals surface area (Å²) in [6.07, 6.45) is 4.28. The van der Waals surface area contributed by atoms with E-state index in [1.165, 1.54) is 68.1 Å². The zero-order valence-electron chi connectivity index (χ0n) is 22.8. The first-order chi connectivity index (χ1) is 18.1. The number of methoxy groups -OCH3 is 2. The molecule has 0 radical (unpaired) electrons. The number of aryl methyl sites for hydroxylation is 1. The minimum Gasteiger partial charge on any atom is -0.508 e. The number of aliphatic hydroxyl groups excluding tert-OH is 1. The van der Waals surface area contributed by atoms with Crippen molar-refractivity contribution in [2.24, 2.45) is 0 Å². The predicted molar refractivity (Wildman–Crippen MR) is 152 cm³/mol. The number of hydrogen-bond donors (Lipinski definition) is 2. The normalized spacial score (nSPS) is 18.4. The van der Waals surface area contributed by atoms with Gasteiger partial charge >= 0.3 is 0 Å². The molecule has 2 N–H and O–H groups in total. The van der Waals surface area contributed by atoms with Crippen LogP contribution in [0.15, 0.2) is 72.8 Å². The number of aromatic hydroxyl groups is 1. The van der Waals surface area contributed by atoms with E-state index < -0.39 is 6.29 Å². The van der Waals surface area contributed by atoms with Gasteiger partial charge in [0, 0.05) is 38.9 Å². The Morgan fingerprint density at radius 2 is 1.51 bits per heavy atom. The maximum absolute atomic E-state index is 9.98. The first-order valence-electron chi connectivity index (χ1n) is 13.5. The number of fused-ring (bicyclic) bond motifs is 1. The van der Waals surface area contributed by atoms with Crippen molar-refractivity contribution < 1.29 is 19.7 Å². The van der Waals surface area contributed by atoms with Gasteiger partial charge in [0.05, 0.1) is 6.61 Å². The van der Waals surface area contributed by atoms with Gasteiger partial charge in [0.1, 0.15) is 5.75 Å². The van der Waals surface area contributed by atoms with Crippen LogP contribution in [0, 0.1) is 0 Å². The van der Waals surface area contributed by atoms with Crippen LogP contribution < -0.4 is 4.90 Å². The van der Waals surface area contributed by atoms with E-state index in [2.05, 4.69) is 75.0 Å². The highest BCUT2D eigenvalue weighted by atomic mass is 16.7. The summed E-state index contributed by atoms with van der Waals surface area (Å²) >= 11 is 0. The summed E-state index contributed by atoms with van der Waals surface area (Å²) in [6, 6.07) is 26.1. The van der Waals surface area contributed by atoms with Gasteiger partial charge < -0.3 is 24.6 Å². The second-order valence-electron chi connectivity index (χ2n) is 9.29. The number of hydrogen-bond acceptors (Lipinski definition) is 5. The molecule has 0 bridgehead atoms. The monoisotopic (exact) mass is 505 g/mol. The highest BCUT2D eigenvalue weighted by Crippen LogP contribution is 2.47. The fourth-order valence-electron chi connectivity index (χ4n) is 5.39. The maximum Gasteiger partial charge on any atom is 0.179 e. The molecule has 5 nitrogen and oxygen atoms in total. The van der Waals surface area contributed by atoms with E-state index >= 15 is 0 Å². The van der Waals surface area contributed by atoms with E-state index in [9.17, 15) is 5.11 Å². The molecule has 1 fully saturated rings. The van der Waals surface area contributed by atoms with Crippen molar-refractivity contribution >= 4 is 5.69 Å². The molecule has 1 saturated heterocycles. The fraction of sp³-hybridized carbons (Fsp3) is 0.438. The van der Waals surface area contributed by atoms with E-state index in [0.717, 1.165) is 12.8 Å². The summed E-state index contributed by atoms with van der Waals surface area (Å²) in [5, 5.41) is 18.3. The molecule has 0 spiro atoms. The molecule has 2 unspecified atom stereocenters. The van der Waals surface area contributed by atoms with Crippen LogP contribution in [0.1, 0.15) is 67.2 Å². The van der Waals surface area contributed by atoms with E-state index in [1.54, 1.807) is 0 Å². The second kappa shape index (κ2) is 14.8. The van der Waals surface area contributed by atoms with E-state index in [4.69, 9.17) is 5.11 Å². The van der Waals surface area contributed by atoms with Crippen LogP contribution in [0.3, 0.4) is 0 Å². The highest BCUT2D eigenvalue weighted by Gasteiger charge is 2.32. The van der Waals surface area contributed by atoms with Crippen molar-refractivity contribution in [3.05, 3.63) is 95.1 Å². The Hall–Kier alpha value is -2.86. The van der Waals surface area contributed by atoms with Gasteiger partial charge in [-0.15, -0.1) is 0 Å². The summed E-state index contributed by atoms with van der Waals surface area (Å²) in [5.74, 6) is 1.18. The zero-order chi connectivity index (χ0) is 26.6. The Morgan fingerprint density at radius 1 is 0.865 bits per heavy atom. The summed E-state index contributed by atoms with van der Waals surface area (Å²) in [6.45, 7) is 6.27. The van der Waals surface area contributed by atoms with Gasteiger partial charge in [-0.25, -0.2) is 0 Å². The second-order valence-corrected chi connectivity index (χ2v) is 9.29. The first-order valence-corrected chi connectivity index (χ1v) is 13.5. The van der Waals surface area contributed by atoms with Gasteiger partial charge in [-0.3, -0.25) is 0 Å². The third-order valence-corrected chi connectivity index (χ3v) is 7.21. The van der Waals surface area contributed by atoms with E-state index in [-0.39, 0.29) is 6.61 Å². The number of nitrogens with zero attached hydrogens (tertiary/aromatic N) is 1. The number of phenolic OH excluding ortho intramolecular Hbond substituents is 1. The van der Waals surface area contributed by atoms with Gasteiger partial charge in [0.15, 0.2) is 6.29 Å². The van der Waals surface area contributed by atoms with Crippen molar-refractivity contribution in [3.63, 3.8) is 0 Å². The molecular weight excluding hydrogens is 462 g/mol. The molecule has 5 rings (SSSR count). The number of benzene rings is 3. The van der Waals surface area contributed by atoms with Crippen LogP contribution in [0.2, 0.25) is 0 Å². The van der Waals surface area contributed by atoms with Crippen molar-refractivity contribution in [1.29, 1.82) is 0 Å². The van der Waals surface area contributed by atoms with Crippen molar-refractivity contribution in [3.8, 4) is 5.75 Å². The Bertz CT molecular complexity index is 1040. The topological polar surface area (TPSA) is 62.2 Å². The molecule has 2 aliphatic rings. The molecule has 3 aromatic carbocycles. The predicted octanol–water partition coefficient (Wildman–Crippen LogP) is 6.48. The Balaban J connectivity index is 0.000000369. The van der Waals surface area contributed by atoms with Gasteiger partial charge in [-0.2, -0.15) is 0 Å². The number of phenols is 1. The zero-order valence-corrected chi connectivity index (χ0v) is 22.8. The summed E-state index contributed by atoms with van der Waals surface area (Å²) in [4.78, 5) is 2.49. The molecule has 5 heteroatoms. The van der Waals surface area contributed by atoms with Crippen molar-refractivity contribution in [2.75, 3.05) is 38.8 Å². The van der Waals surface area contributed by atoms with Gasteiger partial charge in [-0.05, 0) is 78.1 Å². The quantitative estimate of drug-likeness (QED) is 0.376. The lowest BCUT2D eigenvalue weighted by molar-refractivity contribution is -0.127. The molecule has 1 aliphatic carbocycles. The molecule has 3 aromatic rings. The molecule has 200 valence electrons. The van der Waals surface area contributed by atoms with Crippen LogP contribution >= 0.6 is 0 Å². The van der Waals surface area contributed by atoms with Crippen LogP contribution in [-0.2, 0) is 15.9 Å². The number of anilines is 1. The fourth-order valence-corrected chi connectivity index (χ4v) is 5.39. The Labute approximate surface area is 222 Å². The smallest absolute Gasteiger partial charge is 0.179 e. The first kappa shape index (κ1) is 28.7. The lowest BCUT2D eigenvalue weighted by Gasteiger charge is -2.35. The molecule has 37 heavy (non-hydrogen) atoms. The molecule has 0 aromatic heterocycles. The molecule has 2 atom stereocenters. The number of rotatable bonds is 6. The van der Waals surface area contributed by atoms with Crippen LogP contribution in [0.25, 0.3) is 0 Å². The Morgan fingerprint density at radius 3 is 2.08 bits per heavy atom. The van der Waals surface area contributed by atoms with E-state index in [0.29, 0.717) is 17.6 Å². The van der Waals surface area contributed by atoms with Crippen LogP contribution in [0.4, 0.5) is 5.69 Å². The van der Waals surface area contributed by atoms with Crippen molar-refractivity contribution in [1.82, 2.24) is 0 Å². The van der Waals surface area contributed by atoms with Crippen molar-refractivity contribution in [2.45, 2.75) is 57.7 Å². The Kier molecular flexibility index (Phi) is 11.5. The number of aliphatic hydroxyl groups is 1. The number of ether oxygens (including phenoxy) is 2. The SMILES string of the molecule is CC.COC(CO)OC.Oc1ccc2c(c1)CCC(c1ccccc1)C2c1ccc(N2CCCC2)cc1. The molecule has 1 heterocycles. The van der Waals surface area contributed by atoms with Gasteiger partial charge in [0.2, 0.25) is 0 Å². The maximum atomic E-state index is 9.98. The highest BCUT2D eigenvalue weighted by molar-refractivity contribution is 5.52. The molecular formula is C32H43NO4. The minimum atomic E-state index is -0.458. The van der Waals surface area contributed by atoms with Gasteiger partial charge in [0.25, 0.3) is 0 Å². The van der Waals surface area contributed by atoms with E-state index in [1.807, 2.05) is 26.0 Å². The summed E-state index contributed by atoms with van der Waals surface area (Å²) in [5.41, 5.74) is 6.80. The average molecular weight is 506 g/mol. The summed E-state index contributed by atoms with van der Waals surface area (Å²) < 4.78 is 9.15. The van der Waals surface area contributed by atoms with Crippen LogP contribution in [0.5, 0.6) is 5.75 Å². The van der Waals surface area contributed by atoms with Gasteiger partial charge in [-0.1, -0.05) is 62.4 Å². The third kappa shape index (κ3) is 7.35. The molecule has 0 saturated carbocycles.